The Morgan fingerprint density at radius 1 is 1.47 bits per heavy atom. The highest BCUT2D eigenvalue weighted by atomic mass is 79.9. The minimum Gasteiger partial charge on any atom is -0.444 e. The first-order valence-corrected chi connectivity index (χ1v) is 7.56. The fourth-order valence-electron chi connectivity index (χ4n) is 3.36. The molecule has 5 nitrogen and oxygen atoms in total. The van der Waals surface area contributed by atoms with Crippen molar-refractivity contribution in [3.8, 4) is 0 Å². The van der Waals surface area contributed by atoms with Crippen LogP contribution >= 0.6 is 15.9 Å². The molecule has 2 saturated heterocycles. The van der Waals surface area contributed by atoms with Gasteiger partial charge >= 0.3 is 6.09 Å². The van der Waals surface area contributed by atoms with Gasteiger partial charge in [-0.2, -0.15) is 0 Å². The topological polar surface area (TPSA) is 51.1 Å². The molecule has 106 valence electrons. The summed E-state index contributed by atoms with van der Waals surface area (Å²) in [7, 11) is 0. The number of hydrogen-bond donors (Lipinski definition) is 0. The number of nitrogens with zero attached hydrogens (tertiary/aromatic N) is 2. The van der Waals surface area contributed by atoms with Crippen LogP contribution in [0.2, 0.25) is 0 Å². The molecule has 0 aromatic rings. The van der Waals surface area contributed by atoms with Gasteiger partial charge in [-0.1, -0.05) is 5.16 Å². The van der Waals surface area contributed by atoms with Crippen LogP contribution in [-0.2, 0) is 9.57 Å². The highest BCUT2D eigenvalue weighted by molar-refractivity contribution is 9.18. The van der Waals surface area contributed by atoms with Gasteiger partial charge in [0, 0.05) is 18.5 Å². The molecule has 3 heterocycles. The van der Waals surface area contributed by atoms with E-state index in [1.165, 1.54) is 0 Å². The lowest BCUT2D eigenvalue weighted by Crippen LogP contribution is -2.54. The maximum absolute atomic E-state index is 12.4. The molecule has 2 bridgehead atoms. The number of carbonyl (C=O) groups is 1. The molecule has 4 atom stereocenters. The van der Waals surface area contributed by atoms with Crippen LogP contribution in [0.4, 0.5) is 4.79 Å². The van der Waals surface area contributed by atoms with E-state index in [4.69, 9.17) is 9.57 Å². The van der Waals surface area contributed by atoms with Crippen LogP contribution in [-0.4, -0.2) is 39.4 Å². The molecule has 3 rings (SSSR count). The van der Waals surface area contributed by atoms with E-state index < -0.39 is 5.60 Å². The Morgan fingerprint density at radius 3 is 2.89 bits per heavy atom. The zero-order valence-corrected chi connectivity index (χ0v) is 13.0. The van der Waals surface area contributed by atoms with Crippen molar-refractivity contribution >= 4 is 26.6 Å². The molecule has 0 aromatic carbocycles. The molecule has 0 unspecified atom stereocenters. The highest BCUT2D eigenvalue weighted by Crippen LogP contribution is 2.45. The standard InChI is InChI=1S/C13H19BrN2O3/c1-13(2,3)18-12(17)16-7-4-5-8(16)10-9(6-7)19-15-11(10)14/h7-10H,4-6H2,1-3H3/t7-,8+,9-,10+/m0/s1. The fourth-order valence-corrected chi connectivity index (χ4v) is 4.04. The lowest BCUT2D eigenvalue weighted by molar-refractivity contribution is -0.0344. The zero-order valence-electron chi connectivity index (χ0n) is 11.4. The number of oxime groups is 1. The van der Waals surface area contributed by atoms with Gasteiger partial charge in [-0.3, -0.25) is 0 Å². The number of fused-ring (bicyclic) bond motifs is 4. The lowest BCUT2D eigenvalue weighted by atomic mass is 9.89. The average Bonchev–Trinajstić information content (AvgIpc) is 2.78. The van der Waals surface area contributed by atoms with Crippen LogP contribution in [0.5, 0.6) is 0 Å². The number of ether oxygens (including phenoxy) is 1. The van der Waals surface area contributed by atoms with Crippen LogP contribution in [0.25, 0.3) is 0 Å². The Balaban J connectivity index is 1.80. The van der Waals surface area contributed by atoms with Crippen molar-refractivity contribution < 1.29 is 14.4 Å². The minimum atomic E-state index is -0.454. The first-order valence-electron chi connectivity index (χ1n) is 6.77. The second-order valence-electron chi connectivity index (χ2n) is 6.51. The van der Waals surface area contributed by atoms with Gasteiger partial charge < -0.3 is 14.5 Å². The highest BCUT2D eigenvalue weighted by Gasteiger charge is 2.54. The molecule has 6 heteroatoms. The molecule has 3 aliphatic rings. The molecule has 2 fully saturated rings. The quantitative estimate of drug-likeness (QED) is 0.686. The lowest BCUT2D eigenvalue weighted by Gasteiger charge is -2.40. The molecule has 0 spiro atoms. The fraction of sp³-hybridized carbons (Fsp3) is 0.846. The van der Waals surface area contributed by atoms with Gasteiger partial charge in [0.2, 0.25) is 0 Å². The van der Waals surface area contributed by atoms with Gasteiger partial charge in [0.05, 0.1) is 5.92 Å². The van der Waals surface area contributed by atoms with Crippen molar-refractivity contribution in [1.82, 2.24) is 4.90 Å². The van der Waals surface area contributed by atoms with Crippen molar-refractivity contribution in [1.29, 1.82) is 0 Å². The molecule has 1 amide bonds. The van der Waals surface area contributed by atoms with Gasteiger partial charge in [0.25, 0.3) is 0 Å². The van der Waals surface area contributed by atoms with Crippen LogP contribution < -0.4 is 0 Å². The summed E-state index contributed by atoms with van der Waals surface area (Å²) in [6.07, 6.45) is 2.79. The summed E-state index contributed by atoms with van der Waals surface area (Å²) in [4.78, 5) is 19.7. The summed E-state index contributed by atoms with van der Waals surface area (Å²) in [5, 5.41) is 4.02. The summed E-state index contributed by atoms with van der Waals surface area (Å²) in [5.74, 6) is 0.172. The Kier molecular flexibility index (Phi) is 3.04. The predicted molar refractivity (Wildman–Crippen MR) is 74.2 cm³/mol. The van der Waals surface area contributed by atoms with Crippen molar-refractivity contribution in [3.63, 3.8) is 0 Å². The van der Waals surface area contributed by atoms with Crippen molar-refractivity contribution in [2.45, 2.75) is 63.8 Å². The number of piperidine rings is 1. The summed E-state index contributed by atoms with van der Waals surface area (Å²) in [6.45, 7) is 5.70. The van der Waals surface area contributed by atoms with Gasteiger partial charge in [-0.25, -0.2) is 4.79 Å². The number of amides is 1. The maximum atomic E-state index is 12.4. The zero-order chi connectivity index (χ0) is 13.8. The van der Waals surface area contributed by atoms with E-state index in [0.717, 1.165) is 23.9 Å². The Labute approximate surface area is 121 Å². The minimum absolute atomic E-state index is 0.116. The van der Waals surface area contributed by atoms with Gasteiger partial charge in [-0.05, 0) is 49.5 Å². The molecular weight excluding hydrogens is 312 g/mol. The Morgan fingerprint density at radius 2 is 2.21 bits per heavy atom. The third kappa shape index (κ3) is 2.24. The second kappa shape index (κ2) is 4.36. The number of rotatable bonds is 0. The largest absolute Gasteiger partial charge is 0.444 e. The normalized spacial score (nSPS) is 36.6. The summed E-state index contributed by atoms with van der Waals surface area (Å²) < 4.78 is 6.36. The monoisotopic (exact) mass is 330 g/mol. The summed E-state index contributed by atoms with van der Waals surface area (Å²) in [5.41, 5.74) is -0.454. The molecule has 0 radical (unpaired) electrons. The molecule has 0 N–H and O–H groups in total. The van der Waals surface area contributed by atoms with Gasteiger partial charge in [-0.15, -0.1) is 0 Å². The van der Waals surface area contributed by atoms with E-state index in [2.05, 4.69) is 21.1 Å². The predicted octanol–water partition coefficient (Wildman–Crippen LogP) is 2.88. The summed E-state index contributed by atoms with van der Waals surface area (Å²) >= 11 is 3.46. The third-order valence-corrected chi connectivity index (χ3v) is 4.69. The van der Waals surface area contributed by atoms with E-state index in [9.17, 15) is 4.79 Å². The number of halogens is 1. The first-order chi connectivity index (χ1) is 8.87. The van der Waals surface area contributed by atoms with Crippen molar-refractivity contribution in [2.75, 3.05) is 0 Å². The van der Waals surface area contributed by atoms with E-state index in [1.54, 1.807) is 0 Å². The molecule has 3 aliphatic heterocycles. The summed E-state index contributed by atoms with van der Waals surface area (Å²) in [6, 6.07) is 0.383. The smallest absolute Gasteiger partial charge is 0.410 e. The molecule has 0 aromatic heterocycles. The first kappa shape index (κ1) is 13.2. The van der Waals surface area contributed by atoms with E-state index >= 15 is 0 Å². The second-order valence-corrected chi connectivity index (χ2v) is 7.32. The van der Waals surface area contributed by atoms with Crippen LogP contribution in [0.15, 0.2) is 5.16 Å². The maximum Gasteiger partial charge on any atom is 0.410 e. The van der Waals surface area contributed by atoms with E-state index in [0.29, 0.717) is 0 Å². The van der Waals surface area contributed by atoms with Gasteiger partial charge in [0.15, 0.2) is 0 Å². The van der Waals surface area contributed by atoms with Crippen LogP contribution in [0.3, 0.4) is 0 Å². The molecule has 0 saturated carbocycles. The van der Waals surface area contributed by atoms with Gasteiger partial charge in [0.1, 0.15) is 16.3 Å². The number of carbonyl (C=O) groups excluding carboxylic acids is 1. The van der Waals surface area contributed by atoms with Crippen LogP contribution in [0, 0.1) is 5.92 Å². The van der Waals surface area contributed by atoms with E-state index in [1.807, 2.05) is 25.7 Å². The van der Waals surface area contributed by atoms with Crippen molar-refractivity contribution in [3.05, 3.63) is 0 Å². The molecule has 0 aliphatic carbocycles. The Bertz CT molecular complexity index is 432. The van der Waals surface area contributed by atoms with Crippen LogP contribution in [0.1, 0.15) is 40.0 Å². The molecular formula is C13H19BrN2O3. The number of hydrogen-bond acceptors (Lipinski definition) is 4. The average molecular weight is 331 g/mol. The van der Waals surface area contributed by atoms with E-state index in [-0.39, 0.29) is 30.2 Å². The third-order valence-electron chi connectivity index (χ3n) is 4.02. The Hall–Kier alpha value is -0.780. The van der Waals surface area contributed by atoms with Crippen molar-refractivity contribution in [2.24, 2.45) is 11.1 Å². The SMILES string of the molecule is CC(C)(C)OC(=O)N1[C@H]2CC[C@@H]1[C@H]1C(Br)=NO[C@H]1C2. The molecule has 19 heavy (non-hydrogen) atoms.